The zero-order valence-electron chi connectivity index (χ0n) is 23.0. The van der Waals surface area contributed by atoms with Gasteiger partial charge >= 0.3 is 0 Å². The zero-order valence-corrected chi connectivity index (χ0v) is 23.0. The van der Waals surface area contributed by atoms with Crippen LogP contribution in [0, 0.1) is 21.4 Å². The van der Waals surface area contributed by atoms with E-state index in [2.05, 4.69) is 16.7 Å². The summed E-state index contributed by atoms with van der Waals surface area (Å²) in [4.78, 5) is 40.0. The van der Waals surface area contributed by atoms with Gasteiger partial charge in [0.25, 0.3) is 17.5 Å². The Morgan fingerprint density at radius 3 is 1.56 bits per heavy atom. The highest BCUT2D eigenvalue weighted by atomic mass is 16.6. The molecule has 0 unspecified atom stereocenters. The maximum atomic E-state index is 12.8. The maximum Gasteiger partial charge on any atom is 0.294 e. The van der Waals surface area contributed by atoms with Crippen molar-refractivity contribution >= 4 is 40.3 Å². The number of nitriles is 1. The molecule has 0 aliphatic carbocycles. The molecule has 0 saturated carbocycles. The number of hydrogen-bond donors (Lipinski definition) is 2. The van der Waals surface area contributed by atoms with E-state index < -0.39 is 10.8 Å². The number of anilines is 4. The third-order valence-electron chi connectivity index (χ3n) is 6.40. The van der Waals surface area contributed by atoms with Crippen molar-refractivity contribution in [1.29, 1.82) is 5.26 Å². The van der Waals surface area contributed by atoms with Crippen molar-refractivity contribution in [3.8, 4) is 17.2 Å². The number of amides is 2. The van der Waals surface area contributed by atoms with Gasteiger partial charge in [0.15, 0.2) is 0 Å². The summed E-state index contributed by atoms with van der Waals surface area (Å²) >= 11 is 0. The predicted molar refractivity (Wildman–Crippen MR) is 161 cm³/mol. The fraction of sp³-hybridized carbons (Fsp3) is 0.129. The largest absolute Gasteiger partial charge is 0.377 e. The van der Waals surface area contributed by atoms with Crippen LogP contribution in [-0.2, 0) is 0 Å². The van der Waals surface area contributed by atoms with Crippen molar-refractivity contribution in [1.82, 2.24) is 0 Å². The van der Waals surface area contributed by atoms with Crippen LogP contribution in [-0.4, -0.2) is 44.9 Å². The molecular formula is C31H28N6O4. The Hall–Kier alpha value is -5.69. The molecule has 0 fully saturated rings. The molecule has 0 bridgehead atoms. The number of nitrogens with one attached hydrogen (secondary N) is 2. The Labute approximate surface area is 237 Å². The molecular weight excluding hydrogens is 520 g/mol. The van der Waals surface area contributed by atoms with Crippen LogP contribution in [0.2, 0.25) is 0 Å². The highest BCUT2D eigenvalue weighted by Crippen LogP contribution is 2.30. The number of nitrogens with zero attached hydrogens (tertiary/aromatic N) is 4. The number of carbonyl (C=O) groups excluding carboxylic acids is 2. The summed E-state index contributed by atoms with van der Waals surface area (Å²) in [5.74, 6) is -0.697. The molecule has 0 spiro atoms. The second kappa shape index (κ2) is 12.0. The van der Waals surface area contributed by atoms with E-state index in [-0.39, 0.29) is 11.6 Å². The van der Waals surface area contributed by atoms with Crippen LogP contribution in [0.4, 0.5) is 28.4 Å². The lowest BCUT2D eigenvalue weighted by Crippen LogP contribution is -2.14. The van der Waals surface area contributed by atoms with Gasteiger partial charge in [0.05, 0.1) is 16.2 Å². The summed E-state index contributed by atoms with van der Waals surface area (Å²) in [5.41, 5.74) is 4.95. The number of rotatable bonds is 8. The number of nitro benzene ring substituents is 1. The van der Waals surface area contributed by atoms with Gasteiger partial charge in [-0.25, -0.2) is 0 Å². The second-order valence-corrected chi connectivity index (χ2v) is 9.66. The van der Waals surface area contributed by atoms with E-state index in [0.717, 1.165) is 16.8 Å². The minimum atomic E-state index is -0.484. The van der Waals surface area contributed by atoms with E-state index in [9.17, 15) is 25.0 Å². The Kier molecular flexibility index (Phi) is 8.29. The average molecular weight is 549 g/mol. The van der Waals surface area contributed by atoms with Gasteiger partial charge in [-0.15, -0.1) is 0 Å². The third kappa shape index (κ3) is 6.49. The van der Waals surface area contributed by atoms with Crippen LogP contribution in [0.15, 0.2) is 84.9 Å². The van der Waals surface area contributed by atoms with E-state index in [0.29, 0.717) is 33.8 Å². The molecule has 10 heteroatoms. The standard InChI is InChI=1S/C31H28N6O4/c1-35(2)27-15-13-25(17-24(27)19-32)33-30(38)22-9-5-20(6-10-22)21-7-11-23(12-8-21)31(39)34-26-14-16-28(36(3)4)29(18-26)37(40)41/h5-18H,1-4H3,(H,33,38)(H,34,39). The summed E-state index contributed by atoms with van der Waals surface area (Å²) in [7, 11) is 7.11. The van der Waals surface area contributed by atoms with Gasteiger partial charge in [-0.05, 0) is 65.7 Å². The Balaban J connectivity index is 1.43. The van der Waals surface area contributed by atoms with E-state index in [4.69, 9.17) is 0 Å². The van der Waals surface area contributed by atoms with Crippen LogP contribution in [0.5, 0.6) is 0 Å². The molecule has 2 N–H and O–H groups in total. The molecule has 0 saturated heterocycles. The van der Waals surface area contributed by atoms with Gasteiger partial charge in [-0.3, -0.25) is 19.7 Å². The summed E-state index contributed by atoms with van der Waals surface area (Å²) in [5, 5.41) is 26.4. The number of carbonyl (C=O) groups is 2. The van der Waals surface area contributed by atoms with Gasteiger partial charge in [0.2, 0.25) is 0 Å². The molecule has 0 aromatic heterocycles. The van der Waals surface area contributed by atoms with Gasteiger partial charge in [0.1, 0.15) is 11.8 Å². The fourth-order valence-electron chi connectivity index (χ4n) is 4.25. The molecule has 10 nitrogen and oxygen atoms in total. The minimum Gasteiger partial charge on any atom is -0.377 e. The monoisotopic (exact) mass is 548 g/mol. The zero-order chi connectivity index (χ0) is 29.7. The van der Waals surface area contributed by atoms with Crippen molar-refractivity contribution in [2.24, 2.45) is 0 Å². The molecule has 0 aliphatic heterocycles. The Bertz CT molecular complexity index is 1660. The molecule has 0 aliphatic rings. The van der Waals surface area contributed by atoms with Gasteiger partial charge in [0, 0.05) is 56.8 Å². The lowest BCUT2D eigenvalue weighted by Gasteiger charge is -2.15. The second-order valence-electron chi connectivity index (χ2n) is 9.66. The average Bonchev–Trinajstić information content (AvgIpc) is 2.96. The molecule has 0 atom stereocenters. The highest BCUT2D eigenvalue weighted by molar-refractivity contribution is 6.05. The van der Waals surface area contributed by atoms with Gasteiger partial charge in [-0.1, -0.05) is 24.3 Å². The van der Waals surface area contributed by atoms with Crippen LogP contribution in [0.1, 0.15) is 26.3 Å². The number of nitro groups is 1. The normalized spacial score (nSPS) is 10.3. The summed E-state index contributed by atoms with van der Waals surface area (Å²) in [6, 6.07) is 25.8. The SMILES string of the molecule is CN(C)c1ccc(NC(=O)c2ccc(-c3ccc(C(=O)Nc4ccc(N(C)C)c([N+](=O)[O-])c4)cc3)cc2)cc1C#N. The van der Waals surface area contributed by atoms with Gasteiger partial charge < -0.3 is 20.4 Å². The Morgan fingerprint density at radius 2 is 1.15 bits per heavy atom. The first-order chi connectivity index (χ1) is 19.6. The fourth-order valence-corrected chi connectivity index (χ4v) is 4.25. The predicted octanol–water partition coefficient (Wildman–Crippen LogP) is 5.77. The molecule has 0 radical (unpaired) electrons. The molecule has 4 rings (SSSR count). The van der Waals surface area contributed by atoms with Crippen LogP contribution < -0.4 is 20.4 Å². The molecule has 41 heavy (non-hydrogen) atoms. The van der Waals surface area contributed by atoms with E-state index in [1.807, 2.05) is 31.1 Å². The lowest BCUT2D eigenvalue weighted by molar-refractivity contribution is -0.384. The van der Waals surface area contributed by atoms with Crippen molar-refractivity contribution in [3.63, 3.8) is 0 Å². The number of benzene rings is 4. The third-order valence-corrected chi connectivity index (χ3v) is 6.40. The molecule has 0 heterocycles. The van der Waals surface area contributed by atoms with Gasteiger partial charge in [-0.2, -0.15) is 5.26 Å². The van der Waals surface area contributed by atoms with Crippen molar-refractivity contribution in [2.75, 3.05) is 48.6 Å². The smallest absolute Gasteiger partial charge is 0.294 e. The van der Waals surface area contributed by atoms with E-state index >= 15 is 0 Å². The molecule has 206 valence electrons. The summed E-state index contributed by atoms with van der Waals surface area (Å²) < 4.78 is 0. The molecule has 4 aromatic rings. The summed E-state index contributed by atoms with van der Waals surface area (Å²) in [6.07, 6.45) is 0. The first kappa shape index (κ1) is 28.3. The Morgan fingerprint density at radius 1 is 0.707 bits per heavy atom. The summed E-state index contributed by atoms with van der Waals surface area (Å²) in [6.45, 7) is 0. The molecule has 4 aromatic carbocycles. The van der Waals surface area contributed by atoms with E-state index in [1.165, 1.54) is 6.07 Å². The number of hydrogen-bond acceptors (Lipinski definition) is 7. The highest BCUT2D eigenvalue weighted by Gasteiger charge is 2.17. The first-order valence-electron chi connectivity index (χ1n) is 12.6. The van der Waals surface area contributed by atoms with E-state index in [1.54, 1.807) is 85.7 Å². The van der Waals surface area contributed by atoms with Crippen molar-refractivity contribution in [3.05, 3.63) is 112 Å². The minimum absolute atomic E-state index is 0.102. The molecule has 2 amide bonds. The lowest BCUT2D eigenvalue weighted by atomic mass is 10.0. The van der Waals surface area contributed by atoms with Crippen LogP contribution in [0.3, 0.4) is 0 Å². The maximum absolute atomic E-state index is 12.8. The first-order valence-corrected chi connectivity index (χ1v) is 12.6. The topological polar surface area (TPSA) is 132 Å². The van der Waals surface area contributed by atoms with Crippen LogP contribution >= 0.6 is 0 Å². The van der Waals surface area contributed by atoms with Crippen molar-refractivity contribution in [2.45, 2.75) is 0 Å². The van der Waals surface area contributed by atoms with Crippen molar-refractivity contribution < 1.29 is 14.5 Å². The quantitative estimate of drug-likeness (QED) is 0.211. The van der Waals surface area contributed by atoms with Crippen LogP contribution in [0.25, 0.3) is 11.1 Å².